The molecule has 0 amide bonds. The van der Waals surface area contributed by atoms with Crippen molar-refractivity contribution in [3.63, 3.8) is 0 Å². The molecule has 1 atom stereocenters. The Bertz CT molecular complexity index is 868. The van der Waals surface area contributed by atoms with E-state index >= 15 is 0 Å². The molecule has 0 saturated carbocycles. The van der Waals surface area contributed by atoms with Gasteiger partial charge in [0.25, 0.3) is 0 Å². The molecule has 6 heteroatoms. The Morgan fingerprint density at radius 1 is 1.23 bits per heavy atom. The number of benzene rings is 1. The van der Waals surface area contributed by atoms with Crippen LogP contribution in [0.4, 0.5) is 0 Å². The monoisotopic (exact) mass is 304 g/mol. The van der Waals surface area contributed by atoms with E-state index in [2.05, 4.69) is 0 Å². The van der Waals surface area contributed by atoms with Crippen LogP contribution in [0.15, 0.2) is 44.2 Å². The highest BCUT2D eigenvalue weighted by molar-refractivity contribution is 5.99. The third kappa shape index (κ3) is 2.58. The minimum Gasteiger partial charge on any atom is -0.483 e. The Morgan fingerprint density at radius 3 is 2.68 bits per heavy atom. The maximum Gasteiger partial charge on any atom is 0.336 e. The van der Waals surface area contributed by atoms with Crippen molar-refractivity contribution in [2.75, 3.05) is 6.61 Å². The molecule has 0 saturated heterocycles. The minimum atomic E-state index is -1.31. The molecule has 2 N–H and O–H groups in total. The lowest BCUT2D eigenvalue weighted by molar-refractivity contribution is -0.0660. The molecule has 0 aliphatic carbocycles. The number of fused-ring (bicyclic) bond motifs is 2. The normalized spacial score (nSPS) is 13.6. The quantitative estimate of drug-likeness (QED) is 0.717. The maximum atomic E-state index is 11.5. The van der Waals surface area contributed by atoms with Crippen molar-refractivity contribution in [2.45, 2.75) is 25.6 Å². The molecule has 0 aliphatic heterocycles. The Morgan fingerprint density at radius 2 is 1.95 bits per heavy atom. The van der Waals surface area contributed by atoms with Gasteiger partial charge in [-0.05, 0) is 32.0 Å². The third-order valence-electron chi connectivity index (χ3n) is 3.48. The summed E-state index contributed by atoms with van der Waals surface area (Å²) in [6.07, 6.45) is 0.393. The van der Waals surface area contributed by atoms with Crippen LogP contribution in [0.2, 0.25) is 0 Å². The van der Waals surface area contributed by atoms with Crippen molar-refractivity contribution in [1.29, 1.82) is 0 Å². The molecule has 0 spiro atoms. The summed E-state index contributed by atoms with van der Waals surface area (Å²) in [5.74, 6) is 0.235. The zero-order valence-electron chi connectivity index (χ0n) is 12.2. The minimum absolute atomic E-state index is 0.170. The fraction of sp³-hybridized carbons (Fsp3) is 0.312. The smallest absolute Gasteiger partial charge is 0.336 e. The lowest BCUT2D eigenvalue weighted by Gasteiger charge is -2.24. The van der Waals surface area contributed by atoms with Gasteiger partial charge < -0.3 is 23.8 Å². The molecule has 0 aliphatic rings. The fourth-order valence-electron chi connectivity index (χ4n) is 2.10. The summed E-state index contributed by atoms with van der Waals surface area (Å²) in [7, 11) is 0. The molecule has 1 aromatic carbocycles. The summed E-state index contributed by atoms with van der Waals surface area (Å²) in [4.78, 5) is 11.5. The highest BCUT2D eigenvalue weighted by atomic mass is 16.5. The Labute approximate surface area is 125 Å². The number of hydrogen-bond acceptors (Lipinski definition) is 6. The molecule has 0 unspecified atom stereocenters. The lowest BCUT2D eigenvalue weighted by atomic mass is 10.0. The van der Waals surface area contributed by atoms with Crippen molar-refractivity contribution >= 4 is 21.9 Å². The number of rotatable bonds is 4. The van der Waals surface area contributed by atoms with Gasteiger partial charge in [-0.25, -0.2) is 4.79 Å². The van der Waals surface area contributed by atoms with E-state index in [-0.39, 0.29) is 17.9 Å². The molecule has 3 rings (SSSR count). The molecule has 116 valence electrons. The summed E-state index contributed by atoms with van der Waals surface area (Å²) >= 11 is 0. The summed E-state index contributed by atoms with van der Waals surface area (Å²) < 4.78 is 16.2. The average molecular weight is 304 g/mol. The molecule has 22 heavy (non-hydrogen) atoms. The second-order valence-electron chi connectivity index (χ2n) is 5.70. The Balaban J connectivity index is 2.10. The average Bonchev–Trinajstić information content (AvgIpc) is 2.90. The number of aliphatic hydroxyl groups excluding tert-OH is 1. The summed E-state index contributed by atoms with van der Waals surface area (Å²) in [6.45, 7) is 2.79. The standard InChI is InChI=1S/C16H16O6/c1-16(2,19)11(17)8-21-15-13-10(5-6-20-13)7-9-3-4-12(18)22-14(9)15/h3-7,11,17,19H,8H2,1-2H3/t11-/m0/s1. The molecular formula is C16H16O6. The fourth-order valence-corrected chi connectivity index (χ4v) is 2.10. The first-order valence-corrected chi connectivity index (χ1v) is 6.83. The number of furan rings is 1. The Hall–Kier alpha value is -2.31. The molecule has 0 radical (unpaired) electrons. The molecule has 2 aromatic heterocycles. The van der Waals surface area contributed by atoms with Crippen molar-refractivity contribution < 1.29 is 23.8 Å². The summed E-state index contributed by atoms with van der Waals surface area (Å²) in [5, 5.41) is 21.1. The highest BCUT2D eigenvalue weighted by Crippen LogP contribution is 2.35. The van der Waals surface area contributed by atoms with Gasteiger partial charge in [0.05, 0.1) is 11.9 Å². The number of ether oxygens (including phenoxy) is 1. The van der Waals surface area contributed by atoms with Crippen LogP contribution in [-0.2, 0) is 0 Å². The Kier molecular flexibility index (Phi) is 3.42. The first kappa shape index (κ1) is 14.6. The van der Waals surface area contributed by atoms with Gasteiger partial charge in [0, 0.05) is 16.8 Å². The van der Waals surface area contributed by atoms with Gasteiger partial charge in [-0.15, -0.1) is 0 Å². The third-order valence-corrected chi connectivity index (χ3v) is 3.48. The van der Waals surface area contributed by atoms with E-state index in [9.17, 15) is 15.0 Å². The first-order chi connectivity index (χ1) is 10.4. The van der Waals surface area contributed by atoms with Crippen molar-refractivity contribution in [2.24, 2.45) is 0 Å². The summed E-state index contributed by atoms with van der Waals surface area (Å²) in [6, 6.07) is 6.53. The molecule has 2 heterocycles. The number of aliphatic hydroxyl groups is 2. The van der Waals surface area contributed by atoms with E-state index in [4.69, 9.17) is 13.6 Å². The van der Waals surface area contributed by atoms with Crippen LogP contribution in [0.3, 0.4) is 0 Å². The van der Waals surface area contributed by atoms with E-state index < -0.39 is 17.3 Å². The van der Waals surface area contributed by atoms with Crippen molar-refractivity contribution in [3.05, 3.63) is 40.9 Å². The first-order valence-electron chi connectivity index (χ1n) is 6.83. The van der Waals surface area contributed by atoms with Crippen LogP contribution >= 0.6 is 0 Å². The molecule has 0 fully saturated rings. The van der Waals surface area contributed by atoms with Gasteiger partial charge in [-0.2, -0.15) is 0 Å². The molecule has 0 bridgehead atoms. The highest BCUT2D eigenvalue weighted by Gasteiger charge is 2.26. The van der Waals surface area contributed by atoms with Crippen LogP contribution in [0.5, 0.6) is 5.75 Å². The van der Waals surface area contributed by atoms with Gasteiger partial charge in [0.15, 0.2) is 11.2 Å². The predicted molar refractivity (Wildman–Crippen MR) is 80.1 cm³/mol. The molecular weight excluding hydrogens is 288 g/mol. The zero-order valence-corrected chi connectivity index (χ0v) is 12.2. The van der Waals surface area contributed by atoms with Crippen LogP contribution < -0.4 is 10.4 Å². The molecule has 6 nitrogen and oxygen atoms in total. The topological polar surface area (TPSA) is 93.0 Å². The van der Waals surface area contributed by atoms with Crippen LogP contribution in [0, 0.1) is 0 Å². The van der Waals surface area contributed by atoms with Gasteiger partial charge in [-0.1, -0.05) is 0 Å². The lowest BCUT2D eigenvalue weighted by Crippen LogP contribution is -2.40. The summed E-state index contributed by atoms with van der Waals surface area (Å²) in [5.41, 5.74) is -1.15. The number of hydrogen-bond donors (Lipinski definition) is 2. The SMILES string of the molecule is CC(C)(O)[C@@H](O)COc1c2occc2cc2ccc(=O)oc12. The van der Waals surface area contributed by atoms with Crippen LogP contribution in [0.1, 0.15) is 13.8 Å². The van der Waals surface area contributed by atoms with Crippen molar-refractivity contribution in [1.82, 2.24) is 0 Å². The van der Waals surface area contributed by atoms with Gasteiger partial charge >= 0.3 is 5.63 Å². The van der Waals surface area contributed by atoms with Crippen LogP contribution in [-0.4, -0.2) is 28.5 Å². The van der Waals surface area contributed by atoms with Gasteiger partial charge in [0.1, 0.15) is 12.7 Å². The predicted octanol–water partition coefficient (Wildman–Crippen LogP) is 2.05. The van der Waals surface area contributed by atoms with Crippen LogP contribution in [0.25, 0.3) is 21.9 Å². The van der Waals surface area contributed by atoms with Crippen molar-refractivity contribution in [3.8, 4) is 5.75 Å². The second kappa shape index (κ2) is 5.15. The molecule has 3 aromatic rings. The van der Waals surface area contributed by atoms with E-state index in [1.165, 1.54) is 26.2 Å². The van der Waals surface area contributed by atoms with E-state index in [0.717, 1.165) is 5.39 Å². The van der Waals surface area contributed by atoms with Gasteiger partial charge in [-0.3, -0.25) is 0 Å². The van der Waals surface area contributed by atoms with E-state index in [1.54, 1.807) is 12.1 Å². The van der Waals surface area contributed by atoms with E-state index in [1.807, 2.05) is 6.07 Å². The zero-order chi connectivity index (χ0) is 15.9. The maximum absolute atomic E-state index is 11.5. The second-order valence-corrected chi connectivity index (χ2v) is 5.70. The largest absolute Gasteiger partial charge is 0.483 e. The van der Waals surface area contributed by atoms with Gasteiger partial charge in [0.2, 0.25) is 5.75 Å². The van der Waals surface area contributed by atoms with E-state index in [0.29, 0.717) is 11.0 Å².